The second kappa shape index (κ2) is 4.81. The van der Waals surface area contributed by atoms with E-state index in [2.05, 4.69) is 16.7 Å². The number of rotatable bonds is 3. The van der Waals surface area contributed by atoms with E-state index in [1.807, 2.05) is 24.3 Å². The van der Waals surface area contributed by atoms with E-state index < -0.39 is 0 Å². The van der Waals surface area contributed by atoms with Gasteiger partial charge in [-0.2, -0.15) is 5.26 Å². The number of hydrogen-bond acceptors (Lipinski definition) is 3. The van der Waals surface area contributed by atoms with E-state index in [4.69, 9.17) is 5.26 Å². The molecule has 0 amide bonds. The van der Waals surface area contributed by atoms with Crippen LogP contribution >= 0.6 is 0 Å². The lowest BCUT2D eigenvalue weighted by molar-refractivity contribution is 0.793. The molecule has 2 rings (SSSR count). The van der Waals surface area contributed by atoms with Gasteiger partial charge < -0.3 is 10.6 Å². The zero-order valence-electron chi connectivity index (χ0n) is 8.66. The van der Waals surface area contributed by atoms with Crippen molar-refractivity contribution in [2.75, 3.05) is 18.4 Å². The second-order valence-electron chi connectivity index (χ2n) is 3.87. The Morgan fingerprint density at radius 2 is 2.20 bits per heavy atom. The number of anilines is 1. The third-order valence-electron chi connectivity index (χ3n) is 2.67. The van der Waals surface area contributed by atoms with E-state index in [-0.39, 0.29) is 0 Å². The Morgan fingerprint density at radius 1 is 1.40 bits per heavy atom. The summed E-state index contributed by atoms with van der Waals surface area (Å²) in [5.41, 5.74) is 2.22. The molecule has 3 heteroatoms. The normalized spacial score (nSPS) is 19.8. The van der Waals surface area contributed by atoms with Crippen molar-refractivity contribution in [3.8, 4) is 6.07 Å². The van der Waals surface area contributed by atoms with E-state index in [1.165, 1.54) is 6.42 Å². The van der Waals surface area contributed by atoms with Crippen LogP contribution in [0.4, 0.5) is 5.69 Å². The van der Waals surface area contributed by atoms with Gasteiger partial charge in [-0.1, -0.05) is 12.1 Å². The topological polar surface area (TPSA) is 47.9 Å². The van der Waals surface area contributed by atoms with Crippen molar-refractivity contribution in [1.82, 2.24) is 5.32 Å². The maximum Gasteiger partial charge on any atom is 0.0669 e. The van der Waals surface area contributed by atoms with E-state index in [1.54, 1.807) is 0 Å². The third-order valence-corrected chi connectivity index (χ3v) is 2.67. The van der Waals surface area contributed by atoms with E-state index >= 15 is 0 Å². The maximum absolute atomic E-state index is 8.54. The number of benzene rings is 1. The van der Waals surface area contributed by atoms with Crippen LogP contribution in [0.2, 0.25) is 0 Å². The monoisotopic (exact) mass is 201 g/mol. The van der Waals surface area contributed by atoms with Crippen LogP contribution in [0.5, 0.6) is 0 Å². The lowest BCUT2D eigenvalue weighted by Gasteiger charge is -2.12. The zero-order valence-corrected chi connectivity index (χ0v) is 8.66. The second-order valence-corrected chi connectivity index (χ2v) is 3.87. The molecule has 1 heterocycles. The zero-order chi connectivity index (χ0) is 10.5. The van der Waals surface area contributed by atoms with Crippen molar-refractivity contribution < 1.29 is 0 Å². The van der Waals surface area contributed by atoms with Crippen molar-refractivity contribution in [2.24, 2.45) is 0 Å². The van der Waals surface area contributed by atoms with Crippen molar-refractivity contribution in [1.29, 1.82) is 5.26 Å². The average Bonchev–Trinajstić information content (AvgIpc) is 2.74. The summed E-state index contributed by atoms with van der Waals surface area (Å²) in [6.45, 7) is 2.14. The molecule has 1 aliphatic heterocycles. The van der Waals surface area contributed by atoms with Gasteiger partial charge in [0.15, 0.2) is 0 Å². The van der Waals surface area contributed by atoms with E-state index in [0.717, 1.165) is 24.3 Å². The molecule has 1 saturated heterocycles. The largest absolute Gasteiger partial charge is 0.381 e. The van der Waals surface area contributed by atoms with Crippen LogP contribution in [-0.2, 0) is 6.42 Å². The molecule has 1 atom stereocenters. The Morgan fingerprint density at radius 3 is 2.80 bits per heavy atom. The molecule has 0 saturated carbocycles. The Balaban J connectivity index is 1.94. The van der Waals surface area contributed by atoms with Crippen molar-refractivity contribution >= 4 is 5.69 Å². The highest BCUT2D eigenvalue weighted by Crippen LogP contribution is 2.13. The molecular formula is C12H15N3. The molecule has 1 aliphatic rings. The van der Waals surface area contributed by atoms with Crippen LogP contribution in [0.1, 0.15) is 12.0 Å². The van der Waals surface area contributed by atoms with Gasteiger partial charge in [-0.15, -0.1) is 0 Å². The van der Waals surface area contributed by atoms with Gasteiger partial charge in [0.2, 0.25) is 0 Å². The Hall–Kier alpha value is -1.53. The third kappa shape index (κ3) is 2.71. The molecule has 1 aromatic rings. The molecule has 0 aliphatic carbocycles. The first-order valence-corrected chi connectivity index (χ1v) is 5.31. The Bertz CT molecular complexity index is 344. The molecule has 0 radical (unpaired) electrons. The molecule has 3 nitrogen and oxygen atoms in total. The number of nitrogens with zero attached hydrogens (tertiary/aromatic N) is 1. The van der Waals surface area contributed by atoms with E-state index in [9.17, 15) is 0 Å². The van der Waals surface area contributed by atoms with Gasteiger partial charge >= 0.3 is 0 Å². The van der Waals surface area contributed by atoms with Crippen LogP contribution in [0.15, 0.2) is 24.3 Å². The highest BCUT2D eigenvalue weighted by Gasteiger charge is 2.13. The van der Waals surface area contributed by atoms with Gasteiger partial charge in [0.1, 0.15) is 0 Å². The summed E-state index contributed by atoms with van der Waals surface area (Å²) in [6, 6.07) is 10.8. The predicted octanol–water partition coefficient (Wildman–Crippen LogP) is 1.53. The maximum atomic E-state index is 8.54. The van der Waals surface area contributed by atoms with Gasteiger partial charge in [-0.25, -0.2) is 0 Å². The SMILES string of the molecule is N#CCc1ccc(NC2CCNC2)cc1. The first-order chi connectivity index (χ1) is 7.38. The summed E-state index contributed by atoms with van der Waals surface area (Å²) in [6.07, 6.45) is 1.67. The van der Waals surface area contributed by atoms with Gasteiger partial charge in [-0.05, 0) is 30.7 Å². The van der Waals surface area contributed by atoms with Crippen LogP contribution in [0, 0.1) is 11.3 Å². The van der Waals surface area contributed by atoms with Crippen LogP contribution in [-0.4, -0.2) is 19.1 Å². The van der Waals surface area contributed by atoms with Crippen LogP contribution in [0.25, 0.3) is 0 Å². The highest BCUT2D eigenvalue weighted by atomic mass is 15.0. The van der Waals surface area contributed by atoms with E-state index in [0.29, 0.717) is 12.5 Å². The smallest absolute Gasteiger partial charge is 0.0669 e. The van der Waals surface area contributed by atoms with Crippen molar-refractivity contribution in [3.05, 3.63) is 29.8 Å². The minimum atomic E-state index is 0.491. The summed E-state index contributed by atoms with van der Waals surface area (Å²) in [5, 5.41) is 15.3. The van der Waals surface area contributed by atoms with Crippen LogP contribution < -0.4 is 10.6 Å². The lowest BCUT2D eigenvalue weighted by atomic mass is 10.1. The molecule has 1 fully saturated rings. The molecule has 78 valence electrons. The molecule has 1 unspecified atom stereocenters. The fraction of sp³-hybridized carbons (Fsp3) is 0.417. The van der Waals surface area contributed by atoms with Gasteiger partial charge in [0.25, 0.3) is 0 Å². The molecule has 2 N–H and O–H groups in total. The fourth-order valence-corrected chi connectivity index (χ4v) is 1.82. The fourth-order valence-electron chi connectivity index (χ4n) is 1.82. The number of hydrogen-bond donors (Lipinski definition) is 2. The predicted molar refractivity (Wildman–Crippen MR) is 60.7 cm³/mol. The first-order valence-electron chi connectivity index (χ1n) is 5.31. The summed E-state index contributed by atoms with van der Waals surface area (Å²) in [5.74, 6) is 0. The van der Waals surface area contributed by atoms with Crippen LogP contribution in [0.3, 0.4) is 0 Å². The Kier molecular flexibility index (Phi) is 3.21. The average molecular weight is 201 g/mol. The van der Waals surface area contributed by atoms with Gasteiger partial charge in [-0.3, -0.25) is 0 Å². The molecule has 0 spiro atoms. The number of nitrogens with one attached hydrogen (secondary N) is 2. The number of nitriles is 1. The standard InChI is InChI=1S/C12H15N3/c13-7-5-10-1-3-11(4-2-10)15-12-6-8-14-9-12/h1-4,12,14-15H,5-6,8-9H2. The van der Waals surface area contributed by atoms with Crippen molar-refractivity contribution in [3.63, 3.8) is 0 Å². The molecular weight excluding hydrogens is 186 g/mol. The van der Waals surface area contributed by atoms with Gasteiger partial charge in [0, 0.05) is 18.3 Å². The quantitative estimate of drug-likeness (QED) is 0.779. The van der Waals surface area contributed by atoms with Gasteiger partial charge in [0.05, 0.1) is 12.5 Å². The summed E-state index contributed by atoms with van der Waals surface area (Å²) < 4.78 is 0. The Labute approximate surface area is 90.1 Å². The summed E-state index contributed by atoms with van der Waals surface area (Å²) >= 11 is 0. The molecule has 15 heavy (non-hydrogen) atoms. The molecule has 0 aromatic heterocycles. The minimum absolute atomic E-state index is 0.491. The molecule has 1 aromatic carbocycles. The summed E-state index contributed by atoms with van der Waals surface area (Å²) in [7, 11) is 0. The highest BCUT2D eigenvalue weighted by molar-refractivity contribution is 5.46. The van der Waals surface area contributed by atoms with Crippen molar-refractivity contribution in [2.45, 2.75) is 18.9 Å². The first kappa shape index (κ1) is 10.0. The summed E-state index contributed by atoms with van der Waals surface area (Å²) in [4.78, 5) is 0. The lowest BCUT2D eigenvalue weighted by Crippen LogP contribution is -2.21. The minimum Gasteiger partial charge on any atom is -0.381 e. The molecule has 0 bridgehead atoms.